The van der Waals surface area contributed by atoms with E-state index in [0.29, 0.717) is 11.6 Å². The fourth-order valence-corrected chi connectivity index (χ4v) is 2.72. The molecule has 1 aromatic carbocycles. The van der Waals surface area contributed by atoms with Crippen LogP contribution in [-0.2, 0) is 0 Å². The summed E-state index contributed by atoms with van der Waals surface area (Å²) in [5.41, 5.74) is 1.63. The molecule has 4 heteroatoms. The third-order valence-electron chi connectivity index (χ3n) is 3.11. The Bertz CT molecular complexity index is 439. The van der Waals surface area contributed by atoms with Crippen molar-refractivity contribution in [2.75, 3.05) is 25.5 Å². The smallest absolute Gasteiger partial charge is 0.103 e. The Labute approximate surface area is 111 Å². The zero-order valence-corrected chi connectivity index (χ0v) is 11.5. The van der Waals surface area contributed by atoms with Crippen LogP contribution in [0.3, 0.4) is 0 Å². The molecule has 1 saturated heterocycles. The SMILES string of the molecule is CN1CCCC(Nc2cccc(Br)c2C#N)C1. The Morgan fingerprint density at radius 1 is 1.53 bits per heavy atom. The van der Waals surface area contributed by atoms with Gasteiger partial charge in [0.1, 0.15) is 6.07 Å². The Morgan fingerprint density at radius 3 is 3.06 bits per heavy atom. The first-order chi connectivity index (χ1) is 8.20. The highest BCUT2D eigenvalue weighted by atomic mass is 79.9. The monoisotopic (exact) mass is 293 g/mol. The molecule has 1 N–H and O–H groups in total. The van der Waals surface area contributed by atoms with Crippen molar-refractivity contribution in [2.45, 2.75) is 18.9 Å². The average molecular weight is 294 g/mol. The van der Waals surface area contributed by atoms with Gasteiger partial charge in [0, 0.05) is 17.1 Å². The lowest BCUT2D eigenvalue weighted by atomic mass is 10.1. The third-order valence-corrected chi connectivity index (χ3v) is 3.77. The predicted molar refractivity (Wildman–Crippen MR) is 73.0 cm³/mol. The van der Waals surface area contributed by atoms with Crippen LogP contribution in [0.25, 0.3) is 0 Å². The third kappa shape index (κ3) is 2.99. The molecule has 0 aromatic heterocycles. The van der Waals surface area contributed by atoms with Crippen molar-refractivity contribution in [1.82, 2.24) is 4.90 Å². The number of likely N-dealkylation sites (tertiary alicyclic amines) is 1. The molecular formula is C13H16BrN3. The molecule has 0 spiro atoms. The lowest BCUT2D eigenvalue weighted by molar-refractivity contribution is 0.261. The van der Waals surface area contributed by atoms with Crippen molar-refractivity contribution in [1.29, 1.82) is 5.26 Å². The number of nitrogens with one attached hydrogen (secondary N) is 1. The van der Waals surface area contributed by atoms with Crippen LogP contribution in [0.1, 0.15) is 18.4 Å². The lowest BCUT2D eigenvalue weighted by Crippen LogP contribution is -2.39. The second kappa shape index (κ2) is 5.52. The molecule has 0 radical (unpaired) electrons. The molecule has 3 nitrogen and oxygen atoms in total. The van der Waals surface area contributed by atoms with Gasteiger partial charge in [0.05, 0.1) is 11.3 Å². The largest absolute Gasteiger partial charge is 0.380 e. The molecule has 0 amide bonds. The highest BCUT2D eigenvalue weighted by Crippen LogP contribution is 2.25. The van der Waals surface area contributed by atoms with Crippen molar-refractivity contribution >= 4 is 21.6 Å². The van der Waals surface area contributed by atoms with Gasteiger partial charge < -0.3 is 10.2 Å². The molecule has 1 heterocycles. The van der Waals surface area contributed by atoms with Gasteiger partial charge in [-0.1, -0.05) is 6.07 Å². The van der Waals surface area contributed by atoms with Crippen LogP contribution in [0.5, 0.6) is 0 Å². The molecule has 1 fully saturated rings. The number of nitriles is 1. The normalized spacial score (nSPS) is 20.9. The summed E-state index contributed by atoms with van der Waals surface area (Å²) >= 11 is 3.41. The van der Waals surface area contributed by atoms with E-state index in [0.717, 1.165) is 16.7 Å². The first kappa shape index (κ1) is 12.4. The maximum absolute atomic E-state index is 9.15. The highest BCUT2D eigenvalue weighted by Gasteiger charge is 2.18. The molecule has 17 heavy (non-hydrogen) atoms. The van der Waals surface area contributed by atoms with Crippen molar-refractivity contribution in [3.63, 3.8) is 0 Å². The van der Waals surface area contributed by atoms with Gasteiger partial charge in [-0.3, -0.25) is 0 Å². The van der Waals surface area contributed by atoms with Gasteiger partial charge in [0.2, 0.25) is 0 Å². The molecule has 1 aromatic rings. The fourth-order valence-electron chi connectivity index (χ4n) is 2.26. The van der Waals surface area contributed by atoms with E-state index in [1.807, 2.05) is 18.2 Å². The number of halogens is 1. The minimum Gasteiger partial charge on any atom is -0.380 e. The van der Waals surface area contributed by atoms with Gasteiger partial charge in [0.15, 0.2) is 0 Å². The topological polar surface area (TPSA) is 39.1 Å². The predicted octanol–water partition coefficient (Wildman–Crippen LogP) is 2.83. The van der Waals surface area contributed by atoms with Gasteiger partial charge in [-0.05, 0) is 54.5 Å². The highest BCUT2D eigenvalue weighted by molar-refractivity contribution is 9.10. The molecule has 1 aliphatic heterocycles. The number of piperidine rings is 1. The van der Waals surface area contributed by atoms with Crippen molar-refractivity contribution < 1.29 is 0 Å². The summed E-state index contributed by atoms with van der Waals surface area (Å²) in [5.74, 6) is 0. The van der Waals surface area contributed by atoms with Crippen molar-refractivity contribution in [3.8, 4) is 6.07 Å². The van der Waals surface area contributed by atoms with E-state index in [9.17, 15) is 0 Å². The minimum atomic E-state index is 0.440. The fraction of sp³-hybridized carbons (Fsp3) is 0.462. The summed E-state index contributed by atoms with van der Waals surface area (Å²) in [7, 11) is 2.14. The summed E-state index contributed by atoms with van der Waals surface area (Å²) in [6.45, 7) is 2.21. The molecule has 90 valence electrons. The molecule has 0 bridgehead atoms. The Balaban J connectivity index is 2.13. The van der Waals surface area contributed by atoms with Crippen LogP contribution in [0, 0.1) is 11.3 Å². The van der Waals surface area contributed by atoms with E-state index in [4.69, 9.17) is 5.26 Å². The Morgan fingerprint density at radius 2 is 2.35 bits per heavy atom. The van der Waals surface area contributed by atoms with E-state index in [2.05, 4.69) is 39.3 Å². The second-order valence-electron chi connectivity index (χ2n) is 4.52. The molecule has 1 atom stereocenters. The first-order valence-electron chi connectivity index (χ1n) is 5.84. The van der Waals surface area contributed by atoms with E-state index in [1.165, 1.54) is 19.4 Å². The van der Waals surface area contributed by atoms with Gasteiger partial charge in [-0.15, -0.1) is 0 Å². The summed E-state index contributed by atoms with van der Waals surface area (Å²) in [6, 6.07) is 8.51. The summed E-state index contributed by atoms with van der Waals surface area (Å²) in [5, 5.41) is 12.6. The zero-order valence-electron chi connectivity index (χ0n) is 9.91. The van der Waals surface area contributed by atoms with Crippen LogP contribution in [0.2, 0.25) is 0 Å². The maximum atomic E-state index is 9.15. The quantitative estimate of drug-likeness (QED) is 0.911. The Hall–Kier alpha value is -1.05. The number of benzene rings is 1. The maximum Gasteiger partial charge on any atom is 0.103 e. The van der Waals surface area contributed by atoms with Gasteiger partial charge in [0.25, 0.3) is 0 Å². The number of rotatable bonds is 2. The number of anilines is 1. The van der Waals surface area contributed by atoms with E-state index in [-0.39, 0.29) is 0 Å². The molecule has 1 unspecified atom stereocenters. The van der Waals surface area contributed by atoms with Crippen molar-refractivity contribution in [2.24, 2.45) is 0 Å². The van der Waals surface area contributed by atoms with Gasteiger partial charge in [-0.25, -0.2) is 0 Å². The number of likely N-dealkylation sites (N-methyl/N-ethyl adjacent to an activating group) is 1. The van der Waals surface area contributed by atoms with Crippen LogP contribution < -0.4 is 5.32 Å². The van der Waals surface area contributed by atoms with E-state index in [1.54, 1.807) is 0 Å². The van der Waals surface area contributed by atoms with Gasteiger partial charge in [-0.2, -0.15) is 5.26 Å². The summed E-state index contributed by atoms with van der Waals surface area (Å²) in [6.07, 6.45) is 2.38. The minimum absolute atomic E-state index is 0.440. The summed E-state index contributed by atoms with van der Waals surface area (Å²) < 4.78 is 0.856. The Kier molecular flexibility index (Phi) is 4.03. The average Bonchev–Trinajstić information content (AvgIpc) is 2.29. The van der Waals surface area contributed by atoms with E-state index >= 15 is 0 Å². The van der Waals surface area contributed by atoms with Crippen molar-refractivity contribution in [3.05, 3.63) is 28.2 Å². The molecule has 0 saturated carbocycles. The van der Waals surface area contributed by atoms with E-state index < -0.39 is 0 Å². The number of hydrogen-bond donors (Lipinski definition) is 1. The summed E-state index contributed by atoms with van der Waals surface area (Å²) in [4.78, 5) is 2.32. The van der Waals surface area contributed by atoms with Gasteiger partial charge >= 0.3 is 0 Å². The molecule has 0 aliphatic carbocycles. The number of nitrogens with zero attached hydrogens (tertiary/aromatic N) is 2. The van der Waals surface area contributed by atoms with Crippen LogP contribution in [0.15, 0.2) is 22.7 Å². The first-order valence-corrected chi connectivity index (χ1v) is 6.63. The van der Waals surface area contributed by atoms with Crippen LogP contribution >= 0.6 is 15.9 Å². The number of hydrogen-bond acceptors (Lipinski definition) is 3. The molecular weight excluding hydrogens is 278 g/mol. The molecule has 1 aliphatic rings. The van der Waals surface area contributed by atoms with Crippen LogP contribution in [0.4, 0.5) is 5.69 Å². The second-order valence-corrected chi connectivity index (χ2v) is 5.37. The standard InChI is InChI=1S/C13H16BrN3/c1-17-7-3-4-10(9-17)16-13-6-2-5-12(14)11(13)8-15/h2,5-6,10,16H,3-4,7,9H2,1H3. The van der Waals surface area contributed by atoms with Crippen LogP contribution in [-0.4, -0.2) is 31.1 Å². The lowest BCUT2D eigenvalue weighted by Gasteiger charge is -2.31. The molecule has 2 rings (SSSR count). The zero-order chi connectivity index (χ0) is 12.3.